The van der Waals surface area contributed by atoms with Gasteiger partial charge in [0.05, 0.1) is 5.56 Å². The summed E-state index contributed by atoms with van der Waals surface area (Å²) in [6.07, 6.45) is 0.551. The van der Waals surface area contributed by atoms with Crippen LogP contribution in [0.1, 0.15) is 29.2 Å². The van der Waals surface area contributed by atoms with Gasteiger partial charge in [-0.3, -0.25) is 16.3 Å². The Kier molecular flexibility index (Phi) is 4.93. The Morgan fingerprint density at radius 2 is 1.86 bits per heavy atom. The number of hydrogen-bond donors (Lipinski definition) is 2. The molecule has 0 amide bonds. The zero-order valence-corrected chi connectivity index (χ0v) is 11.3. The zero-order chi connectivity index (χ0) is 15.3. The van der Waals surface area contributed by atoms with Crippen LogP contribution in [0, 0.1) is 0 Å². The molecule has 0 spiro atoms. The van der Waals surface area contributed by atoms with Crippen LogP contribution >= 0.6 is 0 Å². The van der Waals surface area contributed by atoms with E-state index in [4.69, 9.17) is 5.84 Å². The first-order chi connectivity index (χ1) is 10.0. The van der Waals surface area contributed by atoms with E-state index < -0.39 is 11.7 Å². The number of aromatic nitrogens is 1. The molecule has 0 aliphatic carbocycles. The molecule has 21 heavy (non-hydrogen) atoms. The number of nitrogens with zero attached hydrogens (tertiary/aromatic N) is 1. The summed E-state index contributed by atoms with van der Waals surface area (Å²) in [5.41, 5.74) is 3.78. The van der Waals surface area contributed by atoms with Gasteiger partial charge in [-0.05, 0) is 42.2 Å². The lowest BCUT2D eigenvalue weighted by Gasteiger charge is -2.17. The number of hydrazine groups is 1. The van der Waals surface area contributed by atoms with Crippen molar-refractivity contribution in [2.24, 2.45) is 5.84 Å². The number of nitrogens with one attached hydrogen (secondary N) is 1. The molecule has 0 radical (unpaired) electrons. The molecule has 1 atom stereocenters. The smallest absolute Gasteiger partial charge is 0.271 e. The van der Waals surface area contributed by atoms with E-state index in [0.717, 1.165) is 29.7 Å². The van der Waals surface area contributed by atoms with Crippen LogP contribution in [0.2, 0.25) is 0 Å². The molecule has 1 unspecified atom stereocenters. The molecule has 112 valence electrons. The fourth-order valence-corrected chi connectivity index (χ4v) is 2.11. The highest BCUT2D eigenvalue weighted by Gasteiger charge is 2.30. The first kappa shape index (κ1) is 15.5. The number of benzene rings is 1. The number of aryl methyl sites for hydroxylation is 1. The summed E-state index contributed by atoms with van der Waals surface area (Å²) in [5.74, 6) is 5.50. The van der Waals surface area contributed by atoms with Gasteiger partial charge >= 0.3 is 6.18 Å². The Hall–Kier alpha value is -1.92. The number of pyridine rings is 1. The second-order valence-electron chi connectivity index (χ2n) is 4.74. The summed E-state index contributed by atoms with van der Waals surface area (Å²) >= 11 is 0. The van der Waals surface area contributed by atoms with Crippen molar-refractivity contribution in [2.75, 3.05) is 0 Å². The maximum atomic E-state index is 12.5. The van der Waals surface area contributed by atoms with Crippen LogP contribution in [-0.4, -0.2) is 4.98 Å². The Balaban J connectivity index is 2.04. The second-order valence-corrected chi connectivity index (χ2v) is 4.74. The lowest BCUT2D eigenvalue weighted by atomic mass is 9.99. The van der Waals surface area contributed by atoms with Gasteiger partial charge in [-0.1, -0.05) is 18.2 Å². The number of nitrogens with two attached hydrogens (primary N) is 1. The van der Waals surface area contributed by atoms with E-state index in [2.05, 4.69) is 10.4 Å². The molecule has 0 fully saturated rings. The van der Waals surface area contributed by atoms with E-state index in [0.29, 0.717) is 6.42 Å². The van der Waals surface area contributed by atoms with E-state index in [-0.39, 0.29) is 6.04 Å². The molecule has 2 aromatic rings. The summed E-state index contributed by atoms with van der Waals surface area (Å²) in [7, 11) is 0. The third kappa shape index (κ3) is 4.27. The minimum Gasteiger partial charge on any atom is -0.271 e. The third-order valence-electron chi connectivity index (χ3n) is 3.29. The van der Waals surface area contributed by atoms with Crippen molar-refractivity contribution < 1.29 is 13.2 Å². The van der Waals surface area contributed by atoms with Crippen LogP contribution < -0.4 is 11.3 Å². The topological polar surface area (TPSA) is 50.9 Å². The average molecular weight is 295 g/mol. The van der Waals surface area contributed by atoms with E-state index >= 15 is 0 Å². The average Bonchev–Trinajstić information content (AvgIpc) is 2.48. The zero-order valence-electron chi connectivity index (χ0n) is 11.3. The highest BCUT2D eigenvalue weighted by Crippen LogP contribution is 2.30. The van der Waals surface area contributed by atoms with E-state index in [1.165, 1.54) is 12.1 Å². The number of hydrogen-bond acceptors (Lipinski definition) is 3. The summed E-state index contributed by atoms with van der Waals surface area (Å²) in [4.78, 5) is 4.02. The molecule has 3 N–H and O–H groups in total. The first-order valence-corrected chi connectivity index (χ1v) is 6.53. The fourth-order valence-electron chi connectivity index (χ4n) is 2.11. The highest BCUT2D eigenvalue weighted by atomic mass is 19.4. The molecule has 0 aliphatic heterocycles. The molecular formula is C15H16F3N3. The van der Waals surface area contributed by atoms with Gasteiger partial charge in [0.15, 0.2) is 0 Å². The summed E-state index contributed by atoms with van der Waals surface area (Å²) in [5, 5.41) is 0. The van der Waals surface area contributed by atoms with Crippen molar-refractivity contribution in [3.8, 4) is 0 Å². The number of alkyl halides is 3. The molecule has 6 heteroatoms. The van der Waals surface area contributed by atoms with Gasteiger partial charge in [0.2, 0.25) is 0 Å². The van der Waals surface area contributed by atoms with Crippen molar-refractivity contribution in [1.29, 1.82) is 0 Å². The van der Waals surface area contributed by atoms with Gasteiger partial charge in [-0.2, -0.15) is 13.2 Å². The van der Waals surface area contributed by atoms with E-state index in [1.807, 2.05) is 12.1 Å². The maximum absolute atomic E-state index is 12.5. The SMILES string of the molecule is NNC(CCc1cccnc1)c1ccc(C(F)(F)F)cc1. The Morgan fingerprint density at radius 1 is 1.14 bits per heavy atom. The molecule has 1 aromatic carbocycles. The minimum atomic E-state index is -4.32. The Labute approximate surface area is 121 Å². The third-order valence-corrected chi connectivity index (χ3v) is 3.29. The fraction of sp³-hybridized carbons (Fsp3) is 0.267. The Morgan fingerprint density at radius 3 is 2.38 bits per heavy atom. The van der Waals surface area contributed by atoms with Gasteiger partial charge in [-0.15, -0.1) is 0 Å². The maximum Gasteiger partial charge on any atom is 0.416 e. The molecule has 0 saturated heterocycles. The lowest BCUT2D eigenvalue weighted by Crippen LogP contribution is -2.28. The molecule has 0 saturated carbocycles. The number of rotatable bonds is 5. The standard InChI is InChI=1S/C15H16F3N3/c16-15(17,18)13-6-4-12(5-7-13)14(21-19)8-3-11-2-1-9-20-10-11/h1-2,4-7,9-10,14,21H,3,8,19H2. The Bertz CT molecular complexity index is 553. The largest absolute Gasteiger partial charge is 0.416 e. The van der Waals surface area contributed by atoms with Crippen LogP contribution in [0.25, 0.3) is 0 Å². The molecule has 3 nitrogen and oxygen atoms in total. The second kappa shape index (κ2) is 6.69. The van der Waals surface area contributed by atoms with Crippen molar-refractivity contribution >= 4 is 0 Å². The lowest BCUT2D eigenvalue weighted by molar-refractivity contribution is -0.137. The highest BCUT2D eigenvalue weighted by molar-refractivity contribution is 5.27. The molecule has 1 aromatic heterocycles. The molecule has 1 heterocycles. The van der Waals surface area contributed by atoms with Gasteiger partial charge in [0, 0.05) is 18.4 Å². The van der Waals surface area contributed by atoms with Crippen molar-refractivity contribution in [2.45, 2.75) is 25.1 Å². The van der Waals surface area contributed by atoms with Gasteiger partial charge in [-0.25, -0.2) is 0 Å². The van der Waals surface area contributed by atoms with E-state index in [9.17, 15) is 13.2 Å². The quantitative estimate of drug-likeness (QED) is 0.657. The van der Waals surface area contributed by atoms with Crippen LogP contribution in [0.5, 0.6) is 0 Å². The molecule has 2 rings (SSSR count). The van der Waals surface area contributed by atoms with Gasteiger partial charge < -0.3 is 0 Å². The predicted molar refractivity (Wildman–Crippen MR) is 74.1 cm³/mol. The van der Waals surface area contributed by atoms with Gasteiger partial charge in [0.1, 0.15) is 0 Å². The number of halogens is 3. The predicted octanol–water partition coefficient (Wildman–Crippen LogP) is 3.24. The molecule has 0 aliphatic rings. The van der Waals surface area contributed by atoms with Crippen LogP contribution in [0.3, 0.4) is 0 Å². The minimum absolute atomic E-state index is 0.201. The van der Waals surface area contributed by atoms with Crippen LogP contribution in [0.4, 0.5) is 13.2 Å². The van der Waals surface area contributed by atoms with Crippen LogP contribution in [0.15, 0.2) is 48.8 Å². The monoisotopic (exact) mass is 295 g/mol. The summed E-state index contributed by atoms with van der Waals surface area (Å²) in [6.45, 7) is 0. The molecule has 0 bridgehead atoms. The normalized spacial score (nSPS) is 13.1. The van der Waals surface area contributed by atoms with E-state index in [1.54, 1.807) is 12.4 Å². The van der Waals surface area contributed by atoms with Crippen molar-refractivity contribution in [3.63, 3.8) is 0 Å². The van der Waals surface area contributed by atoms with Crippen molar-refractivity contribution in [3.05, 3.63) is 65.5 Å². The van der Waals surface area contributed by atoms with Crippen LogP contribution in [-0.2, 0) is 12.6 Å². The summed E-state index contributed by atoms with van der Waals surface area (Å²) < 4.78 is 37.6. The first-order valence-electron chi connectivity index (χ1n) is 6.53. The van der Waals surface area contributed by atoms with Crippen molar-refractivity contribution in [1.82, 2.24) is 10.4 Å². The molecular weight excluding hydrogens is 279 g/mol. The van der Waals surface area contributed by atoms with Gasteiger partial charge in [0.25, 0.3) is 0 Å². The summed E-state index contributed by atoms with van der Waals surface area (Å²) in [6, 6.07) is 8.65.